The lowest BCUT2D eigenvalue weighted by Crippen LogP contribution is -2.41. The molecule has 8 heteroatoms. The van der Waals surface area contributed by atoms with E-state index in [9.17, 15) is 18.0 Å². The topological polar surface area (TPSA) is 83.6 Å². The van der Waals surface area contributed by atoms with Crippen molar-refractivity contribution in [2.75, 3.05) is 29.1 Å². The molecule has 2 rings (SSSR count). The van der Waals surface area contributed by atoms with Crippen LogP contribution in [0.4, 0.5) is 5.69 Å². The number of thioether (sulfide) groups is 1. The highest BCUT2D eigenvalue weighted by atomic mass is 32.2. The first-order valence-corrected chi connectivity index (χ1v) is 10.6. The molecule has 1 aromatic carbocycles. The molecule has 1 heterocycles. The number of carbonyl (C=O) groups is 2. The standard InChI is InChI=1S/C16H22N2O4S2/c1-3-18(14-8-9-24(21,22)11-14)16(20)10-23-15-6-4-13(5-7-15)17-12(2)19/h4-7,14H,3,8-11H2,1-2H3,(H,17,19)/t14-/m0/s1. The average Bonchev–Trinajstić information content (AvgIpc) is 2.86. The van der Waals surface area contributed by atoms with Gasteiger partial charge in [-0.3, -0.25) is 9.59 Å². The quantitative estimate of drug-likeness (QED) is 0.772. The Balaban J connectivity index is 1.90. The molecule has 0 aromatic heterocycles. The SMILES string of the molecule is CCN(C(=O)CSc1ccc(NC(C)=O)cc1)[C@H]1CCS(=O)(=O)C1. The van der Waals surface area contributed by atoms with Crippen LogP contribution in [-0.2, 0) is 19.4 Å². The molecule has 0 radical (unpaired) electrons. The molecule has 6 nitrogen and oxygen atoms in total. The number of amides is 2. The Bertz CT molecular complexity index is 701. The van der Waals surface area contributed by atoms with Crippen molar-refractivity contribution in [2.45, 2.75) is 31.2 Å². The van der Waals surface area contributed by atoms with Crippen LogP contribution in [0.2, 0.25) is 0 Å². The lowest BCUT2D eigenvalue weighted by Gasteiger charge is -2.26. The minimum absolute atomic E-state index is 0.0458. The van der Waals surface area contributed by atoms with Crippen LogP contribution in [0.15, 0.2) is 29.2 Å². The van der Waals surface area contributed by atoms with Crippen LogP contribution in [0, 0.1) is 0 Å². The molecular formula is C16H22N2O4S2. The van der Waals surface area contributed by atoms with Crippen LogP contribution in [-0.4, -0.2) is 55.0 Å². The van der Waals surface area contributed by atoms with E-state index in [1.807, 2.05) is 19.1 Å². The van der Waals surface area contributed by atoms with Crippen molar-refractivity contribution in [1.29, 1.82) is 0 Å². The molecule has 24 heavy (non-hydrogen) atoms. The number of hydrogen-bond acceptors (Lipinski definition) is 5. The fourth-order valence-electron chi connectivity index (χ4n) is 2.73. The molecule has 0 bridgehead atoms. The number of nitrogens with one attached hydrogen (secondary N) is 1. The van der Waals surface area contributed by atoms with Gasteiger partial charge < -0.3 is 10.2 Å². The number of anilines is 1. The van der Waals surface area contributed by atoms with Crippen LogP contribution < -0.4 is 5.32 Å². The highest BCUT2D eigenvalue weighted by Gasteiger charge is 2.33. The van der Waals surface area contributed by atoms with E-state index >= 15 is 0 Å². The number of benzene rings is 1. The van der Waals surface area contributed by atoms with Gasteiger partial charge >= 0.3 is 0 Å². The lowest BCUT2D eigenvalue weighted by molar-refractivity contribution is -0.129. The van der Waals surface area contributed by atoms with Gasteiger partial charge in [0.25, 0.3) is 0 Å². The van der Waals surface area contributed by atoms with Gasteiger partial charge in [-0.05, 0) is 37.6 Å². The molecule has 0 saturated carbocycles. The summed E-state index contributed by atoms with van der Waals surface area (Å²) in [7, 11) is -3.00. The van der Waals surface area contributed by atoms with Gasteiger partial charge in [0.2, 0.25) is 11.8 Å². The van der Waals surface area contributed by atoms with E-state index in [4.69, 9.17) is 0 Å². The maximum Gasteiger partial charge on any atom is 0.233 e. The van der Waals surface area contributed by atoms with Crippen molar-refractivity contribution in [3.8, 4) is 0 Å². The van der Waals surface area contributed by atoms with E-state index in [-0.39, 0.29) is 35.1 Å². The van der Waals surface area contributed by atoms with Crippen molar-refractivity contribution >= 4 is 39.1 Å². The molecule has 1 aliphatic rings. The fourth-order valence-corrected chi connectivity index (χ4v) is 5.24. The molecule has 1 saturated heterocycles. The summed E-state index contributed by atoms with van der Waals surface area (Å²) in [5.74, 6) is 0.331. The first-order chi connectivity index (χ1) is 11.3. The van der Waals surface area contributed by atoms with Gasteiger partial charge in [-0.2, -0.15) is 0 Å². The second-order valence-corrected chi connectivity index (χ2v) is 9.01. The van der Waals surface area contributed by atoms with Gasteiger partial charge in [-0.25, -0.2) is 8.42 Å². The van der Waals surface area contributed by atoms with E-state index < -0.39 is 9.84 Å². The highest BCUT2D eigenvalue weighted by Crippen LogP contribution is 2.23. The van der Waals surface area contributed by atoms with Crippen molar-refractivity contribution in [1.82, 2.24) is 4.90 Å². The molecule has 2 amide bonds. The molecule has 1 N–H and O–H groups in total. The predicted molar refractivity (Wildman–Crippen MR) is 95.9 cm³/mol. The molecule has 0 aliphatic carbocycles. The van der Waals surface area contributed by atoms with Gasteiger partial charge in [0.15, 0.2) is 9.84 Å². The minimum Gasteiger partial charge on any atom is -0.338 e. The van der Waals surface area contributed by atoms with E-state index in [2.05, 4.69) is 5.32 Å². The molecule has 1 aliphatic heterocycles. The Morgan fingerprint density at radius 2 is 1.96 bits per heavy atom. The Labute approximate surface area is 146 Å². The number of hydrogen-bond donors (Lipinski definition) is 1. The van der Waals surface area contributed by atoms with Crippen molar-refractivity contribution in [2.24, 2.45) is 0 Å². The Hall–Kier alpha value is -1.54. The average molecular weight is 370 g/mol. The number of sulfone groups is 1. The van der Waals surface area contributed by atoms with Crippen LogP contribution in [0.5, 0.6) is 0 Å². The zero-order chi connectivity index (χ0) is 17.7. The summed E-state index contributed by atoms with van der Waals surface area (Å²) < 4.78 is 23.2. The van der Waals surface area contributed by atoms with E-state index in [1.54, 1.807) is 17.0 Å². The van der Waals surface area contributed by atoms with Crippen molar-refractivity contribution in [3.05, 3.63) is 24.3 Å². The zero-order valence-electron chi connectivity index (χ0n) is 13.8. The molecule has 132 valence electrons. The number of carbonyl (C=O) groups excluding carboxylic acids is 2. The third kappa shape index (κ3) is 5.24. The van der Waals surface area contributed by atoms with Gasteiger partial charge in [0.1, 0.15) is 0 Å². The van der Waals surface area contributed by atoms with E-state index in [0.717, 1.165) is 4.90 Å². The summed E-state index contributed by atoms with van der Waals surface area (Å²) in [5.41, 5.74) is 0.713. The van der Waals surface area contributed by atoms with Gasteiger partial charge in [-0.15, -0.1) is 11.8 Å². The predicted octanol–water partition coefficient (Wildman–Crippen LogP) is 1.77. The van der Waals surface area contributed by atoms with Crippen LogP contribution >= 0.6 is 11.8 Å². The second kappa shape index (κ2) is 8.02. The Morgan fingerprint density at radius 1 is 1.29 bits per heavy atom. The highest BCUT2D eigenvalue weighted by molar-refractivity contribution is 8.00. The summed E-state index contributed by atoms with van der Waals surface area (Å²) in [6.45, 7) is 3.83. The van der Waals surface area contributed by atoms with Crippen LogP contribution in [0.3, 0.4) is 0 Å². The normalized spacial score (nSPS) is 19.0. The van der Waals surface area contributed by atoms with Crippen LogP contribution in [0.1, 0.15) is 20.3 Å². The van der Waals surface area contributed by atoms with Crippen molar-refractivity contribution < 1.29 is 18.0 Å². The molecule has 1 fully saturated rings. The van der Waals surface area contributed by atoms with Gasteiger partial charge in [0, 0.05) is 30.1 Å². The molecule has 0 unspecified atom stereocenters. The minimum atomic E-state index is -3.00. The first kappa shape index (κ1) is 18.8. The zero-order valence-corrected chi connectivity index (χ0v) is 15.5. The summed E-state index contributed by atoms with van der Waals surface area (Å²) in [4.78, 5) is 26.0. The number of nitrogens with zero attached hydrogens (tertiary/aromatic N) is 1. The van der Waals surface area contributed by atoms with E-state index in [0.29, 0.717) is 18.7 Å². The van der Waals surface area contributed by atoms with Gasteiger partial charge in [-0.1, -0.05) is 0 Å². The fraction of sp³-hybridized carbons (Fsp3) is 0.500. The molecular weight excluding hydrogens is 348 g/mol. The molecule has 1 atom stereocenters. The largest absolute Gasteiger partial charge is 0.338 e. The lowest BCUT2D eigenvalue weighted by atomic mass is 10.2. The summed E-state index contributed by atoms with van der Waals surface area (Å²) >= 11 is 1.41. The third-order valence-corrected chi connectivity index (χ3v) is 6.59. The third-order valence-electron chi connectivity index (χ3n) is 3.85. The first-order valence-electron chi connectivity index (χ1n) is 7.81. The summed E-state index contributed by atoms with van der Waals surface area (Å²) in [6.07, 6.45) is 0.526. The maximum atomic E-state index is 12.4. The smallest absolute Gasteiger partial charge is 0.233 e. The Morgan fingerprint density at radius 3 is 2.46 bits per heavy atom. The Kier molecular flexibility index (Phi) is 6.28. The molecule has 0 spiro atoms. The molecule has 1 aromatic rings. The van der Waals surface area contributed by atoms with E-state index in [1.165, 1.54) is 18.7 Å². The van der Waals surface area contributed by atoms with Crippen LogP contribution in [0.25, 0.3) is 0 Å². The number of rotatable bonds is 6. The summed E-state index contributed by atoms with van der Waals surface area (Å²) in [5, 5.41) is 2.69. The second-order valence-electron chi connectivity index (χ2n) is 5.73. The van der Waals surface area contributed by atoms with Crippen molar-refractivity contribution in [3.63, 3.8) is 0 Å². The monoisotopic (exact) mass is 370 g/mol. The van der Waals surface area contributed by atoms with Gasteiger partial charge in [0.05, 0.1) is 17.3 Å². The summed E-state index contributed by atoms with van der Waals surface area (Å²) in [6, 6.07) is 7.07. The maximum absolute atomic E-state index is 12.4.